The van der Waals surface area contributed by atoms with Gasteiger partial charge in [-0.25, -0.2) is 4.98 Å². The van der Waals surface area contributed by atoms with Crippen LogP contribution in [0.4, 0.5) is 5.69 Å². The number of carbonyl (C=O) groups is 1. The molecule has 0 radical (unpaired) electrons. The molecule has 5 aliphatic rings. The van der Waals surface area contributed by atoms with Crippen LogP contribution in [-0.4, -0.2) is 10.8 Å². The van der Waals surface area contributed by atoms with Gasteiger partial charge in [0.2, 0.25) is 0 Å². The number of anilines is 1. The molecule has 4 saturated carbocycles. The quantitative estimate of drug-likeness (QED) is 0.747. The Kier molecular flexibility index (Phi) is 3.19. The molecular weight excluding hydrogens is 340 g/mol. The van der Waals surface area contributed by atoms with Crippen LogP contribution in [0.25, 0.3) is 10.2 Å². The zero-order chi connectivity index (χ0) is 17.5. The normalized spacial score (nSPS) is 35.0. The van der Waals surface area contributed by atoms with Crippen LogP contribution in [-0.2, 0) is 12.8 Å². The molecule has 0 unspecified atom stereocenters. The molecule has 2 aromatic heterocycles. The minimum Gasteiger partial charge on any atom is -0.397 e. The average Bonchev–Trinajstić information content (AvgIpc) is 2.94. The van der Waals surface area contributed by atoms with Gasteiger partial charge < -0.3 is 5.73 Å². The first-order valence-corrected chi connectivity index (χ1v) is 11.2. The zero-order valence-electron chi connectivity index (χ0n) is 15.2. The van der Waals surface area contributed by atoms with Gasteiger partial charge in [0.1, 0.15) is 4.83 Å². The minimum atomic E-state index is -0.108. The van der Waals surface area contributed by atoms with Crippen molar-refractivity contribution in [3.8, 4) is 0 Å². The van der Waals surface area contributed by atoms with Crippen LogP contribution in [0.15, 0.2) is 6.07 Å². The van der Waals surface area contributed by atoms with Crippen molar-refractivity contribution in [3.05, 3.63) is 22.2 Å². The van der Waals surface area contributed by atoms with Crippen molar-refractivity contribution >= 4 is 33.0 Å². The maximum atomic E-state index is 13.7. The molecule has 7 rings (SSSR count). The van der Waals surface area contributed by atoms with E-state index in [9.17, 15) is 4.79 Å². The molecule has 136 valence electrons. The lowest BCUT2D eigenvalue weighted by Crippen LogP contribution is -2.49. The number of carbonyl (C=O) groups excluding carboxylic acids is 1. The lowest BCUT2D eigenvalue weighted by Gasteiger charge is -2.55. The number of nitrogens with two attached hydrogens (primary N) is 1. The predicted molar refractivity (Wildman–Crippen MR) is 106 cm³/mol. The van der Waals surface area contributed by atoms with Crippen molar-refractivity contribution in [2.45, 2.75) is 64.2 Å². The highest BCUT2D eigenvalue weighted by Gasteiger charge is 2.55. The summed E-state index contributed by atoms with van der Waals surface area (Å²) < 4.78 is 0. The second kappa shape index (κ2) is 5.31. The Hall–Kier alpha value is -1.42. The fraction of sp³-hybridized carbons (Fsp3) is 0.636. The van der Waals surface area contributed by atoms with Crippen LogP contribution in [0.1, 0.15) is 72.3 Å². The molecule has 4 heteroatoms. The van der Waals surface area contributed by atoms with Crippen LogP contribution in [0.2, 0.25) is 0 Å². The Morgan fingerprint density at radius 3 is 2.42 bits per heavy atom. The van der Waals surface area contributed by atoms with E-state index in [0.717, 1.165) is 65.0 Å². The van der Waals surface area contributed by atoms with Crippen molar-refractivity contribution in [2.75, 3.05) is 5.73 Å². The Balaban J connectivity index is 1.44. The van der Waals surface area contributed by atoms with E-state index in [-0.39, 0.29) is 5.41 Å². The summed E-state index contributed by atoms with van der Waals surface area (Å²) >= 11 is 1.57. The van der Waals surface area contributed by atoms with E-state index in [4.69, 9.17) is 10.7 Å². The Morgan fingerprint density at radius 1 is 1.08 bits per heavy atom. The van der Waals surface area contributed by atoms with Crippen molar-refractivity contribution in [1.82, 2.24) is 4.98 Å². The fourth-order valence-corrected chi connectivity index (χ4v) is 8.11. The second-order valence-corrected chi connectivity index (χ2v) is 10.5. The molecule has 0 spiro atoms. The maximum Gasteiger partial charge on any atom is 0.181 e. The molecule has 4 bridgehead atoms. The topological polar surface area (TPSA) is 56.0 Å². The monoisotopic (exact) mass is 366 g/mol. The third kappa shape index (κ3) is 2.11. The first kappa shape index (κ1) is 15.6. The number of hydrogen-bond acceptors (Lipinski definition) is 4. The summed E-state index contributed by atoms with van der Waals surface area (Å²) in [4.78, 5) is 20.4. The number of pyridine rings is 1. The third-order valence-corrected chi connectivity index (χ3v) is 8.84. The van der Waals surface area contributed by atoms with Gasteiger partial charge in [-0.2, -0.15) is 0 Å². The predicted octanol–water partition coefficient (Wildman–Crippen LogP) is 5.16. The molecule has 2 aromatic rings. The van der Waals surface area contributed by atoms with Gasteiger partial charge in [0.05, 0.1) is 10.6 Å². The molecule has 26 heavy (non-hydrogen) atoms. The van der Waals surface area contributed by atoms with E-state index in [0.29, 0.717) is 11.5 Å². The number of rotatable bonds is 2. The standard InChI is InChI=1S/C22H26N2OS/c23-18-16-8-15-3-1-2-4-17(15)24-21(16)26-19(18)20(25)22-9-12-5-13(10-22)7-14(6-12)11-22/h8,12-14H,1-7,9-11,23H2. The van der Waals surface area contributed by atoms with E-state index in [1.807, 2.05) is 0 Å². The van der Waals surface area contributed by atoms with Gasteiger partial charge in [0.25, 0.3) is 0 Å². The van der Waals surface area contributed by atoms with Crippen molar-refractivity contribution in [2.24, 2.45) is 23.2 Å². The first-order valence-electron chi connectivity index (χ1n) is 10.4. The van der Waals surface area contributed by atoms with Crippen molar-refractivity contribution in [3.63, 3.8) is 0 Å². The summed E-state index contributed by atoms with van der Waals surface area (Å²) in [5.74, 6) is 2.71. The largest absolute Gasteiger partial charge is 0.397 e. The lowest BCUT2D eigenvalue weighted by atomic mass is 9.48. The van der Waals surface area contributed by atoms with Gasteiger partial charge in [-0.3, -0.25) is 4.79 Å². The molecule has 4 fully saturated rings. The lowest BCUT2D eigenvalue weighted by molar-refractivity contribution is -0.0350. The summed E-state index contributed by atoms with van der Waals surface area (Å²) in [6, 6.07) is 2.24. The van der Waals surface area contributed by atoms with E-state index < -0.39 is 0 Å². The summed E-state index contributed by atoms with van der Waals surface area (Å²) in [7, 11) is 0. The van der Waals surface area contributed by atoms with Crippen LogP contribution < -0.4 is 5.73 Å². The highest BCUT2D eigenvalue weighted by atomic mass is 32.1. The van der Waals surface area contributed by atoms with Crippen LogP contribution >= 0.6 is 11.3 Å². The molecule has 0 aromatic carbocycles. The molecule has 3 nitrogen and oxygen atoms in total. The van der Waals surface area contributed by atoms with Crippen molar-refractivity contribution < 1.29 is 4.79 Å². The number of hydrogen-bond donors (Lipinski definition) is 1. The fourth-order valence-electron chi connectivity index (χ4n) is 6.96. The minimum absolute atomic E-state index is 0.108. The summed E-state index contributed by atoms with van der Waals surface area (Å²) in [5.41, 5.74) is 9.73. The maximum absolute atomic E-state index is 13.7. The van der Waals surface area contributed by atoms with E-state index >= 15 is 0 Å². The summed E-state index contributed by atoms with van der Waals surface area (Å²) in [6.07, 6.45) is 12.1. The molecule has 5 aliphatic carbocycles. The first-order chi connectivity index (χ1) is 12.6. The van der Waals surface area contributed by atoms with Gasteiger partial charge in [-0.05, 0) is 93.6 Å². The number of aryl methyl sites for hydroxylation is 2. The summed E-state index contributed by atoms with van der Waals surface area (Å²) in [6.45, 7) is 0. The molecule has 2 heterocycles. The zero-order valence-corrected chi connectivity index (χ0v) is 16.0. The number of Topliss-reactive ketones (excluding diaryl/α,β-unsaturated/α-hetero) is 1. The van der Waals surface area contributed by atoms with Crippen molar-refractivity contribution in [1.29, 1.82) is 0 Å². The highest BCUT2D eigenvalue weighted by Crippen LogP contribution is 2.61. The Bertz CT molecular complexity index is 893. The molecule has 0 saturated heterocycles. The van der Waals surface area contributed by atoms with Gasteiger partial charge >= 0.3 is 0 Å². The number of fused-ring (bicyclic) bond motifs is 2. The van der Waals surface area contributed by atoms with E-state index in [1.165, 1.54) is 43.4 Å². The van der Waals surface area contributed by atoms with Gasteiger partial charge in [0.15, 0.2) is 5.78 Å². The molecular formula is C22H26N2OS. The van der Waals surface area contributed by atoms with Gasteiger partial charge in [0, 0.05) is 16.5 Å². The highest BCUT2D eigenvalue weighted by molar-refractivity contribution is 7.21. The smallest absolute Gasteiger partial charge is 0.181 e. The average molecular weight is 367 g/mol. The SMILES string of the molecule is Nc1c(C(=O)C23CC4CC(CC(C4)C2)C3)sc2nc3c(cc12)CCCC3. The Labute approximate surface area is 158 Å². The number of thiophene rings is 1. The Morgan fingerprint density at radius 2 is 1.73 bits per heavy atom. The number of nitrogens with zero attached hydrogens (tertiary/aromatic N) is 1. The number of nitrogen functional groups attached to an aromatic ring is 1. The molecule has 0 amide bonds. The van der Waals surface area contributed by atoms with Crippen LogP contribution in [0.3, 0.4) is 0 Å². The summed E-state index contributed by atoms with van der Waals surface area (Å²) in [5, 5.41) is 1.03. The number of aromatic nitrogens is 1. The van der Waals surface area contributed by atoms with Crippen LogP contribution in [0, 0.1) is 23.2 Å². The second-order valence-electron chi connectivity index (χ2n) is 9.53. The van der Waals surface area contributed by atoms with E-state index in [2.05, 4.69) is 6.07 Å². The van der Waals surface area contributed by atoms with Gasteiger partial charge in [-0.15, -0.1) is 11.3 Å². The van der Waals surface area contributed by atoms with E-state index in [1.54, 1.807) is 11.3 Å². The molecule has 0 aliphatic heterocycles. The third-order valence-electron chi connectivity index (χ3n) is 7.73. The van der Waals surface area contributed by atoms with Crippen LogP contribution in [0.5, 0.6) is 0 Å². The number of ketones is 1. The van der Waals surface area contributed by atoms with Gasteiger partial charge in [-0.1, -0.05) is 0 Å². The molecule has 0 atom stereocenters. The molecule has 2 N–H and O–H groups in total.